The van der Waals surface area contributed by atoms with Gasteiger partial charge in [0, 0.05) is 25.2 Å². The molecule has 0 aliphatic carbocycles. The molecule has 3 aromatic rings. The quantitative estimate of drug-likeness (QED) is 0.689. The monoisotopic (exact) mass is 409 g/mol. The Balaban J connectivity index is 1.62. The third-order valence-electron chi connectivity index (χ3n) is 5.08. The summed E-state index contributed by atoms with van der Waals surface area (Å²) in [6.07, 6.45) is 4.66. The van der Waals surface area contributed by atoms with Gasteiger partial charge in [-0.2, -0.15) is 0 Å². The molecule has 0 amide bonds. The first kappa shape index (κ1) is 19.4. The van der Waals surface area contributed by atoms with E-state index < -0.39 is 0 Å². The minimum atomic E-state index is -0.309. The molecule has 0 saturated carbocycles. The first-order chi connectivity index (χ1) is 14.0. The third kappa shape index (κ3) is 4.23. The molecule has 1 fully saturated rings. The number of aromatic amines is 1. The second-order valence-corrected chi connectivity index (χ2v) is 8.14. The molecule has 150 valence electrons. The number of H-pyrrole nitrogens is 1. The zero-order valence-corrected chi connectivity index (χ0v) is 17.1. The average molecular weight is 410 g/mol. The minimum Gasteiger partial charge on any atom is -0.493 e. The standard InChI is InChI=1S/C21H23N5O2S/c1-14(19-20(27)24-21(28)29-19)15-5-3-6-16(11-15)17-12-22-13-18(23-17)26-8-4-7-25(2)9-10-26/h3,5-6,11-13,27H,1,4,7-10H2,2H3,(H,24,28). The van der Waals surface area contributed by atoms with Crippen LogP contribution in [0.5, 0.6) is 5.88 Å². The summed E-state index contributed by atoms with van der Waals surface area (Å²) < 4.78 is 0. The molecule has 2 aromatic heterocycles. The Labute approximate surface area is 173 Å². The van der Waals surface area contributed by atoms with Crippen molar-refractivity contribution in [2.45, 2.75) is 6.42 Å². The summed E-state index contributed by atoms with van der Waals surface area (Å²) in [5.41, 5.74) is 3.09. The van der Waals surface area contributed by atoms with E-state index in [0.717, 1.165) is 66.6 Å². The lowest BCUT2D eigenvalue weighted by Crippen LogP contribution is -2.29. The summed E-state index contributed by atoms with van der Waals surface area (Å²) >= 11 is 0.943. The van der Waals surface area contributed by atoms with Crippen LogP contribution in [0.15, 0.2) is 48.0 Å². The molecule has 29 heavy (non-hydrogen) atoms. The fourth-order valence-electron chi connectivity index (χ4n) is 3.44. The number of benzene rings is 1. The van der Waals surface area contributed by atoms with Gasteiger partial charge >= 0.3 is 4.87 Å². The molecule has 3 heterocycles. The Hall–Kier alpha value is -2.97. The maximum Gasteiger partial charge on any atom is 0.307 e. The van der Waals surface area contributed by atoms with Gasteiger partial charge in [-0.1, -0.05) is 36.1 Å². The van der Waals surface area contributed by atoms with Crippen molar-refractivity contribution < 1.29 is 5.11 Å². The second-order valence-electron chi connectivity index (χ2n) is 7.16. The Kier molecular flexibility index (Phi) is 5.46. The van der Waals surface area contributed by atoms with Gasteiger partial charge in [0.05, 0.1) is 23.0 Å². The Bertz CT molecular complexity index is 1090. The molecule has 0 spiro atoms. The van der Waals surface area contributed by atoms with Crippen molar-refractivity contribution in [3.05, 3.63) is 63.3 Å². The van der Waals surface area contributed by atoms with Gasteiger partial charge in [-0.3, -0.25) is 14.8 Å². The summed E-state index contributed by atoms with van der Waals surface area (Å²) in [6, 6.07) is 7.74. The number of hydrogen-bond acceptors (Lipinski definition) is 7. The molecular weight excluding hydrogens is 386 g/mol. The second kappa shape index (κ2) is 8.18. The van der Waals surface area contributed by atoms with Crippen LogP contribution in [0.2, 0.25) is 0 Å². The number of anilines is 1. The first-order valence-electron chi connectivity index (χ1n) is 9.49. The maximum absolute atomic E-state index is 11.5. The van der Waals surface area contributed by atoms with Gasteiger partial charge < -0.3 is 14.9 Å². The number of nitrogens with one attached hydrogen (secondary N) is 1. The molecule has 0 atom stereocenters. The smallest absolute Gasteiger partial charge is 0.307 e. The van der Waals surface area contributed by atoms with Crippen molar-refractivity contribution >= 4 is 22.7 Å². The van der Waals surface area contributed by atoms with Crippen molar-refractivity contribution in [1.29, 1.82) is 0 Å². The van der Waals surface area contributed by atoms with Gasteiger partial charge in [-0.15, -0.1) is 0 Å². The highest BCUT2D eigenvalue weighted by Gasteiger charge is 2.16. The van der Waals surface area contributed by atoms with Gasteiger partial charge in [0.25, 0.3) is 0 Å². The van der Waals surface area contributed by atoms with Crippen molar-refractivity contribution in [3.63, 3.8) is 0 Å². The van der Waals surface area contributed by atoms with Gasteiger partial charge in [-0.05, 0) is 37.2 Å². The molecule has 1 saturated heterocycles. The molecule has 1 aliphatic heterocycles. The normalized spacial score (nSPS) is 15.3. The van der Waals surface area contributed by atoms with Crippen LogP contribution in [-0.2, 0) is 0 Å². The van der Waals surface area contributed by atoms with Crippen LogP contribution in [-0.4, -0.2) is 58.2 Å². The molecule has 8 heteroatoms. The molecule has 0 unspecified atom stereocenters. The lowest BCUT2D eigenvalue weighted by molar-refractivity contribution is 0.360. The van der Waals surface area contributed by atoms with Crippen molar-refractivity contribution in [2.24, 2.45) is 0 Å². The lowest BCUT2D eigenvalue weighted by Gasteiger charge is -2.21. The highest BCUT2D eigenvalue weighted by molar-refractivity contribution is 7.10. The Morgan fingerprint density at radius 1 is 1.24 bits per heavy atom. The van der Waals surface area contributed by atoms with E-state index in [1.54, 1.807) is 6.20 Å². The topological polar surface area (TPSA) is 85.4 Å². The summed E-state index contributed by atoms with van der Waals surface area (Å²) in [4.78, 5) is 27.9. The van der Waals surface area contributed by atoms with Crippen LogP contribution in [0.25, 0.3) is 16.8 Å². The van der Waals surface area contributed by atoms with Gasteiger partial charge in [0.15, 0.2) is 0 Å². The Morgan fingerprint density at radius 2 is 2.10 bits per heavy atom. The van der Waals surface area contributed by atoms with E-state index in [9.17, 15) is 9.90 Å². The lowest BCUT2D eigenvalue weighted by atomic mass is 10.0. The van der Waals surface area contributed by atoms with Crippen LogP contribution >= 0.6 is 11.3 Å². The number of hydrogen-bond donors (Lipinski definition) is 2. The average Bonchev–Trinajstić information content (AvgIpc) is 2.93. The van der Waals surface area contributed by atoms with Crippen LogP contribution in [0, 0.1) is 0 Å². The molecule has 4 rings (SSSR count). The van der Waals surface area contributed by atoms with Crippen LogP contribution in [0.1, 0.15) is 16.9 Å². The van der Waals surface area contributed by atoms with Gasteiger partial charge in [0.2, 0.25) is 5.88 Å². The molecule has 0 radical (unpaired) electrons. The Morgan fingerprint density at radius 3 is 2.90 bits per heavy atom. The summed E-state index contributed by atoms with van der Waals surface area (Å²) in [6.45, 7) is 8.04. The SMILES string of the molecule is C=C(c1cccc(-c2cncc(N3CCCN(C)CC3)n2)c1)c1sc(=O)[nH]c1O. The molecule has 1 aliphatic rings. The predicted octanol–water partition coefficient (Wildman–Crippen LogP) is 2.80. The fraction of sp³-hybridized carbons (Fsp3) is 0.286. The minimum absolute atomic E-state index is 0.150. The predicted molar refractivity (Wildman–Crippen MR) is 117 cm³/mol. The number of rotatable bonds is 4. The zero-order valence-electron chi connectivity index (χ0n) is 16.3. The van der Waals surface area contributed by atoms with Crippen molar-refractivity contribution in [3.8, 4) is 17.1 Å². The highest BCUT2D eigenvalue weighted by atomic mass is 32.1. The highest BCUT2D eigenvalue weighted by Crippen LogP contribution is 2.31. The number of thiazole rings is 1. The third-order valence-corrected chi connectivity index (χ3v) is 6.01. The van der Waals surface area contributed by atoms with E-state index in [-0.39, 0.29) is 10.8 Å². The number of aromatic hydroxyl groups is 1. The van der Waals surface area contributed by atoms with Crippen molar-refractivity contribution in [2.75, 3.05) is 38.1 Å². The molecule has 7 nitrogen and oxygen atoms in total. The van der Waals surface area contributed by atoms with E-state index >= 15 is 0 Å². The van der Waals surface area contributed by atoms with Crippen LogP contribution < -0.4 is 9.77 Å². The van der Waals surface area contributed by atoms with E-state index in [0.29, 0.717) is 10.5 Å². The first-order valence-corrected chi connectivity index (χ1v) is 10.3. The largest absolute Gasteiger partial charge is 0.493 e. The van der Waals surface area contributed by atoms with E-state index in [1.807, 2.05) is 30.5 Å². The zero-order chi connectivity index (χ0) is 20.4. The summed E-state index contributed by atoms with van der Waals surface area (Å²) in [5, 5.41) is 9.93. The summed E-state index contributed by atoms with van der Waals surface area (Å²) in [5.74, 6) is 0.729. The van der Waals surface area contributed by atoms with E-state index in [2.05, 4.69) is 33.4 Å². The number of nitrogens with zero attached hydrogens (tertiary/aromatic N) is 4. The van der Waals surface area contributed by atoms with Gasteiger partial charge in [-0.25, -0.2) is 4.98 Å². The maximum atomic E-state index is 11.5. The van der Waals surface area contributed by atoms with E-state index in [4.69, 9.17) is 4.98 Å². The van der Waals surface area contributed by atoms with E-state index in [1.165, 1.54) is 0 Å². The van der Waals surface area contributed by atoms with Gasteiger partial charge in [0.1, 0.15) is 5.82 Å². The molecular formula is C21H23N5O2S. The molecule has 0 bridgehead atoms. The van der Waals surface area contributed by atoms with Crippen LogP contribution in [0.4, 0.5) is 5.82 Å². The molecule has 2 N–H and O–H groups in total. The fourth-order valence-corrected chi connectivity index (χ4v) is 4.17. The number of likely N-dealkylation sites (N-methyl/N-ethyl adjacent to an activating group) is 1. The summed E-state index contributed by atoms with van der Waals surface area (Å²) in [7, 11) is 2.14. The molecule has 1 aromatic carbocycles. The van der Waals surface area contributed by atoms with Crippen LogP contribution in [0.3, 0.4) is 0 Å². The van der Waals surface area contributed by atoms with Crippen molar-refractivity contribution in [1.82, 2.24) is 19.9 Å². The number of aromatic nitrogens is 3.